The minimum Gasteiger partial charge on any atom is -0.324 e. The summed E-state index contributed by atoms with van der Waals surface area (Å²) in [5.41, 5.74) is 6.71. The number of nitrogens with zero attached hydrogens (tertiary/aromatic N) is 6. The van der Waals surface area contributed by atoms with Crippen LogP contribution in [0, 0.1) is 25.2 Å². The van der Waals surface area contributed by atoms with Gasteiger partial charge in [0.05, 0.1) is 28.5 Å². The van der Waals surface area contributed by atoms with Crippen LogP contribution in [0.4, 0.5) is 5.69 Å². The second-order valence-corrected chi connectivity index (χ2v) is 15.2. The molecular formula is C37H43N7O3S. The van der Waals surface area contributed by atoms with Crippen LogP contribution in [0.15, 0.2) is 78.1 Å². The molecule has 48 heavy (non-hydrogen) atoms. The number of aromatic nitrogens is 5. The van der Waals surface area contributed by atoms with Gasteiger partial charge < -0.3 is 5.32 Å². The molecule has 1 aliphatic rings. The molecule has 6 rings (SSSR count). The summed E-state index contributed by atoms with van der Waals surface area (Å²) in [6.45, 7) is 13.4. The molecule has 3 aromatic heterocycles. The van der Waals surface area contributed by atoms with Crippen molar-refractivity contribution in [2.45, 2.75) is 78.3 Å². The third-order valence-electron chi connectivity index (χ3n) is 9.86. The first-order valence-electron chi connectivity index (χ1n) is 16.5. The Labute approximate surface area is 282 Å². The van der Waals surface area contributed by atoms with E-state index >= 15 is 0 Å². The molecule has 1 aliphatic heterocycles. The largest absolute Gasteiger partial charge is 0.324 e. The summed E-state index contributed by atoms with van der Waals surface area (Å²) in [6, 6.07) is 17.2. The molecular weight excluding hydrogens is 623 g/mol. The quantitative estimate of drug-likeness (QED) is 0.193. The first-order chi connectivity index (χ1) is 22.9. The molecule has 0 radical (unpaired) electrons. The fourth-order valence-electron chi connectivity index (χ4n) is 6.90. The molecule has 0 saturated carbocycles. The highest BCUT2D eigenvalue weighted by molar-refractivity contribution is 7.89. The highest BCUT2D eigenvalue weighted by atomic mass is 32.2. The molecule has 0 bridgehead atoms. The second kappa shape index (κ2) is 13.2. The summed E-state index contributed by atoms with van der Waals surface area (Å²) in [5, 5.41) is 11.9. The number of carbonyl (C=O) groups is 1. The van der Waals surface area contributed by atoms with E-state index in [9.17, 15) is 13.2 Å². The fraction of sp³-hybridized carbons (Fsp3) is 0.378. The zero-order valence-electron chi connectivity index (χ0n) is 28.4. The molecule has 4 heterocycles. The van der Waals surface area contributed by atoms with Crippen LogP contribution in [0.5, 0.6) is 0 Å². The molecule has 0 spiro atoms. The van der Waals surface area contributed by atoms with E-state index in [0.717, 1.165) is 45.3 Å². The summed E-state index contributed by atoms with van der Waals surface area (Å²) >= 11 is 0. The Morgan fingerprint density at radius 2 is 1.85 bits per heavy atom. The molecule has 5 aromatic rings. The standard InChI is InChI=1S/C37H43N7O3S/c1-7-26-19-31-33(12-10-18-39-31)48(46,47)43(22-26)23-28-20-27(14-13-24(28)3)34(37(5,6)36(45)40-29-11-9-17-38-21-29)30-15-16-32-35(25(30)4)41-42-44(32)8-2/h9-18,20-21,26,34H,7-8,19,22-23H2,1-6H3,(H,40,45)/t26-,34-/m0/s1. The summed E-state index contributed by atoms with van der Waals surface area (Å²) in [7, 11) is -3.79. The van der Waals surface area contributed by atoms with Crippen molar-refractivity contribution in [3.05, 3.63) is 107 Å². The third-order valence-corrected chi connectivity index (χ3v) is 11.7. The van der Waals surface area contributed by atoms with Crippen molar-refractivity contribution in [3.8, 4) is 0 Å². The molecule has 1 N–H and O–H groups in total. The van der Waals surface area contributed by atoms with Crippen molar-refractivity contribution in [1.82, 2.24) is 29.3 Å². The lowest BCUT2D eigenvalue weighted by Gasteiger charge is -2.35. The van der Waals surface area contributed by atoms with Gasteiger partial charge in [-0.25, -0.2) is 13.1 Å². The molecule has 0 unspecified atom stereocenters. The van der Waals surface area contributed by atoms with Crippen LogP contribution < -0.4 is 5.32 Å². The predicted molar refractivity (Wildman–Crippen MR) is 187 cm³/mol. The van der Waals surface area contributed by atoms with Gasteiger partial charge in [0.2, 0.25) is 15.9 Å². The van der Waals surface area contributed by atoms with Crippen LogP contribution in [0.25, 0.3) is 11.0 Å². The van der Waals surface area contributed by atoms with Gasteiger partial charge in [0.25, 0.3) is 0 Å². The molecule has 10 nitrogen and oxygen atoms in total. The average Bonchev–Trinajstić information content (AvgIpc) is 3.46. The Morgan fingerprint density at radius 1 is 1.06 bits per heavy atom. The van der Waals surface area contributed by atoms with Crippen molar-refractivity contribution < 1.29 is 13.2 Å². The van der Waals surface area contributed by atoms with Crippen LogP contribution >= 0.6 is 0 Å². The SMILES string of the molecule is CC[C@H]1Cc2ncccc2S(=O)(=O)N(Cc2cc([C@@H](c3ccc4c(nnn4CC)c3C)C(C)(C)C(=O)Nc3cccnc3)ccc2C)C1. The van der Waals surface area contributed by atoms with Crippen LogP contribution in [-0.2, 0) is 34.3 Å². The van der Waals surface area contributed by atoms with Gasteiger partial charge in [0.1, 0.15) is 10.4 Å². The van der Waals surface area contributed by atoms with Crippen LogP contribution in [0.3, 0.4) is 0 Å². The highest BCUT2D eigenvalue weighted by Gasteiger charge is 2.41. The first kappa shape index (κ1) is 33.4. The van der Waals surface area contributed by atoms with Gasteiger partial charge >= 0.3 is 0 Å². The zero-order chi connectivity index (χ0) is 34.2. The average molecular weight is 666 g/mol. The molecule has 0 aliphatic carbocycles. The second-order valence-electron chi connectivity index (χ2n) is 13.3. The van der Waals surface area contributed by atoms with Crippen molar-refractivity contribution in [2.24, 2.45) is 11.3 Å². The van der Waals surface area contributed by atoms with Crippen molar-refractivity contribution in [3.63, 3.8) is 0 Å². The molecule has 0 saturated heterocycles. The molecule has 250 valence electrons. The first-order valence-corrected chi connectivity index (χ1v) is 18.0. The highest BCUT2D eigenvalue weighted by Crippen LogP contribution is 2.45. The van der Waals surface area contributed by atoms with E-state index < -0.39 is 21.4 Å². The zero-order valence-corrected chi connectivity index (χ0v) is 29.3. The van der Waals surface area contributed by atoms with Crippen molar-refractivity contribution in [1.29, 1.82) is 0 Å². The molecule has 2 aromatic carbocycles. The lowest BCUT2D eigenvalue weighted by molar-refractivity contribution is -0.124. The normalized spacial score (nSPS) is 17.1. The Hall–Kier alpha value is -4.48. The van der Waals surface area contributed by atoms with E-state index in [2.05, 4.69) is 50.7 Å². The monoisotopic (exact) mass is 665 g/mol. The number of pyridine rings is 2. The number of fused-ring (bicyclic) bond motifs is 2. The van der Waals surface area contributed by atoms with Gasteiger partial charge in [0, 0.05) is 37.9 Å². The summed E-state index contributed by atoms with van der Waals surface area (Å²) in [6.07, 6.45) is 6.43. The van der Waals surface area contributed by atoms with Crippen LogP contribution in [-0.4, -0.2) is 50.1 Å². The summed E-state index contributed by atoms with van der Waals surface area (Å²) in [5.74, 6) is -0.420. The lowest BCUT2D eigenvalue weighted by atomic mass is 9.69. The minimum atomic E-state index is -3.79. The van der Waals surface area contributed by atoms with Gasteiger partial charge in [0.15, 0.2) is 0 Å². The Morgan fingerprint density at radius 3 is 2.58 bits per heavy atom. The van der Waals surface area contributed by atoms with E-state index in [4.69, 9.17) is 0 Å². The molecule has 2 atom stereocenters. The maximum Gasteiger partial charge on any atom is 0.245 e. The van der Waals surface area contributed by atoms with E-state index in [1.165, 1.54) is 0 Å². The van der Waals surface area contributed by atoms with E-state index in [-0.39, 0.29) is 23.3 Å². The Bertz CT molecular complexity index is 2080. The summed E-state index contributed by atoms with van der Waals surface area (Å²) < 4.78 is 31.6. The van der Waals surface area contributed by atoms with Gasteiger partial charge in [-0.05, 0) is 91.3 Å². The fourth-order valence-corrected chi connectivity index (χ4v) is 8.58. The van der Waals surface area contributed by atoms with Crippen LogP contribution in [0.1, 0.15) is 73.5 Å². The number of amides is 1. The van der Waals surface area contributed by atoms with Gasteiger partial charge in [-0.2, -0.15) is 4.31 Å². The number of carbonyl (C=O) groups excluding carboxylic acids is 1. The smallest absolute Gasteiger partial charge is 0.245 e. The molecule has 11 heteroatoms. The Kier molecular flexibility index (Phi) is 9.19. The van der Waals surface area contributed by atoms with E-state index in [1.807, 2.05) is 57.5 Å². The van der Waals surface area contributed by atoms with Crippen molar-refractivity contribution in [2.75, 3.05) is 11.9 Å². The van der Waals surface area contributed by atoms with Crippen LogP contribution in [0.2, 0.25) is 0 Å². The van der Waals surface area contributed by atoms with Gasteiger partial charge in [-0.15, -0.1) is 5.10 Å². The van der Waals surface area contributed by atoms with E-state index in [1.54, 1.807) is 41.1 Å². The topological polar surface area (TPSA) is 123 Å². The molecule has 1 amide bonds. The lowest BCUT2D eigenvalue weighted by Crippen LogP contribution is -2.37. The maximum absolute atomic E-state index is 14.2. The number of benzene rings is 2. The maximum atomic E-state index is 14.2. The number of aryl methyl sites for hydroxylation is 3. The number of rotatable bonds is 9. The number of hydrogen-bond acceptors (Lipinski definition) is 7. The predicted octanol–water partition coefficient (Wildman–Crippen LogP) is 6.43. The summed E-state index contributed by atoms with van der Waals surface area (Å²) in [4.78, 5) is 23.1. The van der Waals surface area contributed by atoms with Gasteiger partial charge in [-0.3, -0.25) is 14.8 Å². The van der Waals surface area contributed by atoms with Gasteiger partial charge in [-0.1, -0.05) is 56.7 Å². The minimum absolute atomic E-state index is 0.146. The Balaban J connectivity index is 1.46. The number of hydrogen-bond donors (Lipinski definition) is 1. The number of sulfonamides is 1. The number of anilines is 1. The molecule has 0 fully saturated rings. The third kappa shape index (κ3) is 6.12. The van der Waals surface area contributed by atoms with E-state index in [0.29, 0.717) is 30.9 Å². The number of nitrogens with one attached hydrogen (secondary N) is 1. The van der Waals surface area contributed by atoms with Crippen molar-refractivity contribution >= 4 is 32.7 Å².